The summed E-state index contributed by atoms with van der Waals surface area (Å²) in [5, 5.41) is 14.4. The summed E-state index contributed by atoms with van der Waals surface area (Å²) in [4.78, 5) is 29.5. The Labute approximate surface area is 161 Å². The van der Waals surface area contributed by atoms with Crippen LogP contribution in [0.1, 0.15) is 33.1 Å². The first-order chi connectivity index (χ1) is 13.6. The first-order valence-electron chi connectivity index (χ1n) is 8.70. The quantitative estimate of drug-likeness (QED) is 0.614. The molecule has 28 heavy (non-hydrogen) atoms. The van der Waals surface area contributed by atoms with Crippen LogP contribution in [-0.2, 0) is 4.74 Å². The molecule has 8 nitrogen and oxygen atoms in total. The molecule has 1 aromatic carbocycles. The van der Waals surface area contributed by atoms with Crippen LogP contribution in [0.25, 0.3) is 5.52 Å². The highest BCUT2D eigenvalue weighted by atomic mass is 16.5. The van der Waals surface area contributed by atoms with Crippen molar-refractivity contribution in [1.82, 2.24) is 14.7 Å². The number of anilines is 1. The predicted molar refractivity (Wildman–Crippen MR) is 103 cm³/mol. The molecule has 2 aromatic heterocycles. The molecule has 0 spiro atoms. The van der Waals surface area contributed by atoms with E-state index in [9.17, 15) is 9.59 Å². The molecule has 0 unspecified atom stereocenters. The van der Waals surface area contributed by atoms with E-state index in [2.05, 4.69) is 15.6 Å². The number of hydrogen-bond donors (Lipinski definition) is 2. The number of nitrogens with zero attached hydrogens (tertiary/aromatic N) is 3. The van der Waals surface area contributed by atoms with Crippen molar-refractivity contribution in [3.05, 3.63) is 65.7 Å². The maximum absolute atomic E-state index is 12.7. The number of rotatable bonds is 7. The Bertz CT molecular complexity index is 1030. The van der Waals surface area contributed by atoms with Crippen molar-refractivity contribution in [3.8, 4) is 6.07 Å². The molecule has 2 amide bonds. The maximum atomic E-state index is 12.7. The second-order valence-electron chi connectivity index (χ2n) is 5.99. The number of imidazole rings is 1. The van der Waals surface area contributed by atoms with Crippen LogP contribution in [0.5, 0.6) is 0 Å². The zero-order valence-corrected chi connectivity index (χ0v) is 15.3. The van der Waals surface area contributed by atoms with Gasteiger partial charge >= 0.3 is 0 Å². The summed E-state index contributed by atoms with van der Waals surface area (Å²) in [6.45, 7) is 0.988. The fraction of sp³-hybridized carbons (Fsp3) is 0.200. The second-order valence-corrected chi connectivity index (χ2v) is 5.99. The highest BCUT2D eigenvalue weighted by Crippen LogP contribution is 2.16. The number of carbonyl (C=O) groups is 2. The first-order valence-corrected chi connectivity index (χ1v) is 8.70. The molecule has 0 atom stereocenters. The molecular weight excluding hydrogens is 358 g/mol. The predicted octanol–water partition coefficient (Wildman–Crippen LogP) is 2.22. The number of methoxy groups -OCH3 is 1. The van der Waals surface area contributed by atoms with E-state index in [0.717, 1.165) is 0 Å². The van der Waals surface area contributed by atoms with Crippen molar-refractivity contribution >= 4 is 23.0 Å². The molecule has 3 aromatic rings. The van der Waals surface area contributed by atoms with Crippen LogP contribution in [0.2, 0.25) is 0 Å². The summed E-state index contributed by atoms with van der Waals surface area (Å²) in [5.41, 5.74) is 1.70. The molecule has 2 N–H and O–H groups in total. The Kier molecular flexibility index (Phi) is 5.99. The van der Waals surface area contributed by atoms with Crippen molar-refractivity contribution in [3.63, 3.8) is 0 Å². The van der Waals surface area contributed by atoms with Crippen LogP contribution in [0.15, 0.2) is 48.7 Å². The van der Waals surface area contributed by atoms with Gasteiger partial charge in [-0.15, -0.1) is 0 Å². The largest absolute Gasteiger partial charge is 0.385 e. The minimum absolute atomic E-state index is 0.137. The number of nitrogens with one attached hydrogen (secondary N) is 2. The number of carbonyl (C=O) groups excluding carboxylic acids is 2. The number of ether oxygens (including phenoxy) is 1. The number of amides is 2. The van der Waals surface area contributed by atoms with E-state index >= 15 is 0 Å². The van der Waals surface area contributed by atoms with Gasteiger partial charge in [-0.2, -0.15) is 5.26 Å². The highest BCUT2D eigenvalue weighted by molar-refractivity contribution is 6.08. The van der Waals surface area contributed by atoms with Crippen molar-refractivity contribution in [2.24, 2.45) is 0 Å². The molecule has 0 fully saturated rings. The summed E-state index contributed by atoms with van der Waals surface area (Å²) in [5.74, 6) is -0.667. The maximum Gasteiger partial charge on any atom is 0.287 e. The molecule has 142 valence electrons. The lowest BCUT2D eigenvalue weighted by Gasteiger charge is -2.03. The number of hydrogen-bond acceptors (Lipinski definition) is 5. The lowest BCUT2D eigenvalue weighted by atomic mass is 10.2. The molecule has 0 aliphatic heterocycles. The normalized spacial score (nSPS) is 10.4. The monoisotopic (exact) mass is 377 g/mol. The third kappa shape index (κ3) is 4.16. The third-order valence-corrected chi connectivity index (χ3v) is 4.05. The number of nitriles is 1. The van der Waals surface area contributed by atoms with Crippen LogP contribution >= 0.6 is 0 Å². The van der Waals surface area contributed by atoms with Crippen LogP contribution in [-0.4, -0.2) is 41.5 Å². The molecule has 0 aliphatic rings. The summed E-state index contributed by atoms with van der Waals surface area (Å²) >= 11 is 0. The van der Waals surface area contributed by atoms with Crippen molar-refractivity contribution in [2.75, 3.05) is 25.6 Å². The summed E-state index contributed by atoms with van der Waals surface area (Å²) in [6.07, 6.45) is 2.36. The molecule has 3 rings (SSSR count). The molecule has 0 bridgehead atoms. The fourth-order valence-corrected chi connectivity index (χ4v) is 2.68. The van der Waals surface area contributed by atoms with Gasteiger partial charge in [0.2, 0.25) is 5.82 Å². The minimum Gasteiger partial charge on any atom is -0.385 e. The molecule has 8 heteroatoms. The van der Waals surface area contributed by atoms with Gasteiger partial charge in [0.1, 0.15) is 0 Å². The molecular formula is C20H19N5O3. The van der Waals surface area contributed by atoms with Crippen LogP contribution in [0.3, 0.4) is 0 Å². The lowest BCUT2D eigenvalue weighted by Crippen LogP contribution is -2.27. The molecule has 0 radical (unpaired) electrons. The molecule has 0 saturated heterocycles. The first kappa shape index (κ1) is 19.1. The van der Waals surface area contributed by atoms with E-state index in [1.807, 2.05) is 6.07 Å². The van der Waals surface area contributed by atoms with Crippen LogP contribution in [0, 0.1) is 11.3 Å². The van der Waals surface area contributed by atoms with Gasteiger partial charge in [0, 0.05) is 32.1 Å². The van der Waals surface area contributed by atoms with E-state index < -0.39 is 5.91 Å². The average molecular weight is 377 g/mol. The van der Waals surface area contributed by atoms with Crippen molar-refractivity contribution < 1.29 is 14.3 Å². The summed E-state index contributed by atoms with van der Waals surface area (Å²) < 4.78 is 6.55. The second kappa shape index (κ2) is 8.79. The number of aromatic nitrogens is 2. The SMILES string of the molecule is COCCCNC(=O)c1nc(C(=O)Nc2ccc(C#N)cc2)c2ccccn12. The number of fused-ring (bicyclic) bond motifs is 1. The van der Waals surface area contributed by atoms with E-state index in [-0.39, 0.29) is 17.4 Å². The Morgan fingerprint density at radius 1 is 1.18 bits per heavy atom. The molecule has 0 aliphatic carbocycles. The zero-order chi connectivity index (χ0) is 19.9. The van der Waals surface area contributed by atoms with Gasteiger partial charge in [-0.1, -0.05) is 6.07 Å². The smallest absolute Gasteiger partial charge is 0.287 e. The van der Waals surface area contributed by atoms with Gasteiger partial charge in [-0.25, -0.2) is 4.98 Å². The van der Waals surface area contributed by atoms with E-state index in [4.69, 9.17) is 10.00 Å². The van der Waals surface area contributed by atoms with E-state index in [1.165, 1.54) is 0 Å². The summed E-state index contributed by atoms with van der Waals surface area (Å²) in [6, 6.07) is 13.8. The van der Waals surface area contributed by atoms with Gasteiger partial charge in [0.05, 0.1) is 17.1 Å². The number of benzene rings is 1. The minimum atomic E-state index is -0.438. The fourth-order valence-electron chi connectivity index (χ4n) is 2.68. The Hall–Kier alpha value is -3.70. The Balaban J connectivity index is 1.83. The zero-order valence-electron chi connectivity index (χ0n) is 15.3. The average Bonchev–Trinajstić information content (AvgIpc) is 3.11. The molecule has 0 saturated carbocycles. The van der Waals surface area contributed by atoms with Gasteiger partial charge in [-0.05, 0) is 42.8 Å². The topological polar surface area (TPSA) is 109 Å². The Morgan fingerprint density at radius 3 is 2.68 bits per heavy atom. The highest BCUT2D eigenvalue weighted by Gasteiger charge is 2.21. The van der Waals surface area contributed by atoms with E-state index in [1.54, 1.807) is 60.2 Å². The van der Waals surface area contributed by atoms with Gasteiger partial charge in [-0.3, -0.25) is 14.0 Å². The van der Waals surface area contributed by atoms with Gasteiger partial charge in [0.15, 0.2) is 5.69 Å². The summed E-state index contributed by atoms with van der Waals surface area (Å²) in [7, 11) is 1.60. The third-order valence-electron chi connectivity index (χ3n) is 4.05. The lowest BCUT2D eigenvalue weighted by molar-refractivity contribution is 0.0937. The molecule has 2 heterocycles. The van der Waals surface area contributed by atoms with Crippen LogP contribution < -0.4 is 10.6 Å². The van der Waals surface area contributed by atoms with Crippen molar-refractivity contribution in [1.29, 1.82) is 5.26 Å². The van der Waals surface area contributed by atoms with Gasteiger partial charge in [0.25, 0.3) is 11.8 Å². The van der Waals surface area contributed by atoms with Gasteiger partial charge < -0.3 is 15.4 Å². The van der Waals surface area contributed by atoms with Crippen LogP contribution in [0.4, 0.5) is 5.69 Å². The standard InChI is InChI=1S/C20H19N5O3/c1-28-12-4-10-22-20(27)18-24-17(16-5-2-3-11-25(16)18)19(26)23-15-8-6-14(13-21)7-9-15/h2-3,5-9,11H,4,10,12H2,1H3,(H,22,27)(H,23,26). The van der Waals surface area contributed by atoms with Crippen molar-refractivity contribution in [2.45, 2.75) is 6.42 Å². The van der Waals surface area contributed by atoms with E-state index in [0.29, 0.717) is 36.3 Å². The number of pyridine rings is 1. The Morgan fingerprint density at radius 2 is 1.96 bits per heavy atom.